The van der Waals surface area contributed by atoms with Crippen molar-refractivity contribution in [1.82, 2.24) is 0 Å². The number of aromatic hydroxyl groups is 2. The molecule has 184 valence electrons. The SMILES string of the molecule is CC1C#CC(C2C3=c4ccc(O)cc4=CC=[PH]3Oc3ccc4cc(O)ccc4c32)=CC=C1c1ccccc1. The third kappa shape index (κ3) is 3.69. The van der Waals surface area contributed by atoms with Crippen molar-refractivity contribution in [2.75, 3.05) is 0 Å². The predicted octanol–water partition coefficient (Wildman–Crippen LogP) is 5.92. The third-order valence-electron chi connectivity index (χ3n) is 7.57. The van der Waals surface area contributed by atoms with Crippen LogP contribution in [-0.4, -0.2) is 16.0 Å². The molecule has 0 radical (unpaired) electrons. The van der Waals surface area contributed by atoms with Crippen molar-refractivity contribution >= 4 is 41.3 Å². The van der Waals surface area contributed by atoms with E-state index in [2.05, 4.69) is 67.1 Å². The Hall–Kier alpha value is -4.38. The van der Waals surface area contributed by atoms with Crippen LogP contribution in [0.15, 0.2) is 96.6 Å². The fourth-order valence-corrected chi connectivity index (χ4v) is 7.95. The first-order chi connectivity index (χ1) is 18.6. The first kappa shape index (κ1) is 22.8. The second-order valence-electron chi connectivity index (χ2n) is 9.90. The molecule has 0 fully saturated rings. The minimum atomic E-state index is -1.51. The highest BCUT2D eigenvalue weighted by atomic mass is 31.1. The Morgan fingerprint density at radius 3 is 2.53 bits per heavy atom. The molecule has 4 aromatic rings. The zero-order valence-corrected chi connectivity index (χ0v) is 21.8. The summed E-state index contributed by atoms with van der Waals surface area (Å²) in [6, 6.07) is 25.6. The van der Waals surface area contributed by atoms with Gasteiger partial charge in [-0.15, -0.1) is 0 Å². The van der Waals surface area contributed by atoms with Crippen molar-refractivity contribution in [3.05, 3.63) is 118 Å². The molecule has 2 N–H and O–H groups in total. The average molecular weight is 513 g/mol. The summed E-state index contributed by atoms with van der Waals surface area (Å²) in [6.45, 7) is 2.16. The molecule has 4 aromatic carbocycles. The summed E-state index contributed by atoms with van der Waals surface area (Å²) in [5, 5.41) is 25.7. The maximum Gasteiger partial charge on any atom is 0.127 e. The van der Waals surface area contributed by atoms with Crippen LogP contribution in [0.2, 0.25) is 0 Å². The molecule has 2 heterocycles. The van der Waals surface area contributed by atoms with Crippen LogP contribution in [0, 0.1) is 17.8 Å². The summed E-state index contributed by atoms with van der Waals surface area (Å²) in [5.74, 6) is 10.6. The van der Waals surface area contributed by atoms with Crippen LogP contribution in [0.25, 0.3) is 27.7 Å². The highest BCUT2D eigenvalue weighted by Crippen LogP contribution is 2.57. The van der Waals surface area contributed by atoms with Gasteiger partial charge in [0.2, 0.25) is 0 Å². The first-order valence-electron chi connectivity index (χ1n) is 12.7. The monoisotopic (exact) mass is 512 g/mol. The highest BCUT2D eigenvalue weighted by Gasteiger charge is 2.34. The maximum atomic E-state index is 10.2. The van der Waals surface area contributed by atoms with Crippen LogP contribution in [0.3, 0.4) is 0 Å². The normalized spacial score (nSPS) is 21.1. The lowest BCUT2D eigenvalue weighted by molar-refractivity contribution is 0.474. The lowest BCUT2D eigenvalue weighted by atomic mass is 9.85. The smallest absolute Gasteiger partial charge is 0.127 e. The number of phenols is 2. The predicted molar refractivity (Wildman–Crippen MR) is 158 cm³/mol. The molecule has 2 aliphatic heterocycles. The number of phenolic OH excluding ortho intramolecular Hbond substituents is 2. The molecule has 1 aliphatic carbocycles. The number of fused-ring (bicyclic) bond motifs is 5. The van der Waals surface area contributed by atoms with E-state index in [1.54, 1.807) is 18.2 Å². The molecule has 3 nitrogen and oxygen atoms in total. The number of benzene rings is 4. The van der Waals surface area contributed by atoms with E-state index in [-0.39, 0.29) is 23.3 Å². The van der Waals surface area contributed by atoms with Gasteiger partial charge < -0.3 is 14.7 Å². The van der Waals surface area contributed by atoms with Crippen molar-refractivity contribution in [2.45, 2.75) is 12.8 Å². The topological polar surface area (TPSA) is 49.7 Å². The average Bonchev–Trinajstić information content (AvgIpc) is 3.13. The highest BCUT2D eigenvalue weighted by molar-refractivity contribution is 7.64. The van der Waals surface area contributed by atoms with Crippen LogP contribution in [-0.2, 0) is 0 Å². The molecule has 38 heavy (non-hydrogen) atoms. The summed E-state index contributed by atoms with van der Waals surface area (Å²) >= 11 is 0. The van der Waals surface area contributed by atoms with Crippen LogP contribution in [0.4, 0.5) is 0 Å². The van der Waals surface area contributed by atoms with Gasteiger partial charge in [0.1, 0.15) is 17.2 Å². The Kier molecular flexibility index (Phi) is 5.32. The number of hydrogen-bond donors (Lipinski definition) is 2. The molecule has 7 rings (SSSR count). The minimum Gasteiger partial charge on any atom is -0.508 e. The Morgan fingerprint density at radius 1 is 0.842 bits per heavy atom. The van der Waals surface area contributed by atoms with Crippen LogP contribution in [0.1, 0.15) is 24.0 Å². The van der Waals surface area contributed by atoms with Gasteiger partial charge >= 0.3 is 0 Å². The Labute approximate surface area is 221 Å². The number of rotatable bonds is 2. The molecule has 0 spiro atoms. The van der Waals surface area contributed by atoms with Gasteiger partial charge in [0.25, 0.3) is 0 Å². The molecule has 4 heteroatoms. The van der Waals surface area contributed by atoms with Crippen molar-refractivity contribution in [2.24, 2.45) is 5.92 Å². The van der Waals surface area contributed by atoms with E-state index < -0.39 is 7.77 Å². The van der Waals surface area contributed by atoms with Gasteiger partial charge in [-0.2, -0.15) is 0 Å². The number of allylic oxidation sites excluding steroid dienone is 4. The van der Waals surface area contributed by atoms with Gasteiger partial charge in [-0.3, -0.25) is 0 Å². The second kappa shape index (κ2) is 8.88. The van der Waals surface area contributed by atoms with Gasteiger partial charge in [0.05, 0.1) is 13.7 Å². The van der Waals surface area contributed by atoms with Crippen molar-refractivity contribution in [3.63, 3.8) is 0 Å². The van der Waals surface area contributed by atoms with Crippen molar-refractivity contribution in [1.29, 1.82) is 0 Å². The molecular weight excluding hydrogens is 487 g/mol. The van der Waals surface area contributed by atoms with Gasteiger partial charge in [-0.1, -0.05) is 72.5 Å². The molecule has 3 aliphatic rings. The minimum absolute atomic E-state index is 0.0835. The summed E-state index contributed by atoms with van der Waals surface area (Å²) in [6.07, 6.45) is 6.46. The molecule has 3 atom stereocenters. The van der Waals surface area contributed by atoms with E-state index in [0.29, 0.717) is 0 Å². The molecule has 0 bridgehead atoms. The fourth-order valence-electron chi connectivity index (χ4n) is 5.77. The molecule has 0 aromatic heterocycles. The van der Waals surface area contributed by atoms with Gasteiger partial charge in [0.15, 0.2) is 0 Å². The van der Waals surface area contributed by atoms with E-state index in [0.717, 1.165) is 38.1 Å². The maximum absolute atomic E-state index is 10.2. The largest absolute Gasteiger partial charge is 0.508 e. The molecular formula is C34H25O3P. The van der Waals surface area contributed by atoms with Crippen molar-refractivity contribution in [3.8, 4) is 29.1 Å². The quantitative estimate of drug-likeness (QED) is 0.259. The standard InChI is InChI=1S/C34H25O3P/c1-21-7-8-23(9-13-28(21)22-5-3-2-4-6-22)32-33-29-14-11-26(35)19-24(29)10-16-31(33)37-38-18-17-25-20-27(36)12-15-30(25)34(32)38/h2-6,9-21,32,35-36,38H,1H3. The Bertz CT molecular complexity index is 1940. The summed E-state index contributed by atoms with van der Waals surface area (Å²) in [4.78, 5) is 0. The zero-order chi connectivity index (χ0) is 25.8. The van der Waals surface area contributed by atoms with Crippen LogP contribution < -0.4 is 15.0 Å². The van der Waals surface area contributed by atoms with E-state index in [9.17, 15) is 10.2 Å². The lowest BCUT2D eigenvalue weighted by Gasteiger charge is -2.34. The molecule has 3 unspecified atom stereocenters. The zero-order valence-electron chi connectivity index (χ0n) is 20.8. The summed E-state index contributed by atoms with van der Waals surface area (Å²) < 4.78 is 6.69. The van der Waals surface area contributed by atoms with E-state index in [1.165, 1.54) is 16.5 Å². The van der Waals surface area contributed by atoms with E-state index in [1.807, 2.05) is 36.4 Å². The first-order valence-corrected chi connectivity index (χ1v) is 14.2. The van der Waals surface area contributed by atoms with Gasteiger partial charge in [0, 0.05) is 22.4 Å². The third-order valence-corrected chi connectivity index (χ3v) is 9.57. The van der Waals surface area contributed by atoms with E-state index in [4.69, 9.17) is 4.52 Å². The number of hydrogen-bond acceptors (Lipinski definition) is 3. The molecule has 0 saturated heterocycles. The van der Waals surface area contributed by atoms with Gasteiger partial charge in [-0.25, -0.2) is 0 Å². The summed E-state index contributed by atoms with van der Waals surface area (Å²) in [7, 11) is -1.51. The summed E-state index contributed by atoms with van der Waals surface area (Å²) in [5.41, 5.74) is 4.48. The fraction of sp³-hybridized carbons (Fsp3) is 0.0882. The van der Waals surface area contributed by atoms with E-state index >= 15 is 0 Å². The van der Waals surface area contributed by atoms with Crippen LogP contribution in [0.5, 0.6) is 17.2 Å². The van der Waals surface area contributed by atoms with Gasteiger partial charge in [-0.05, 0) is 81.5 Å². The Morgan fingerprint density at radius 2 is 1.66 bits per heavy atom. The Balaban J connectivity index is 1.54. The molecule has 0 amide bonds. The van der Waals surface area contributed by atoms with Crippen molar-refractivity contribution < 1.29 is 14.7 Å². The van der Waals surface area contributed by atoms with Crippen LogP contribution >= 0.6 is 7.77 Å². The lowest BCUT2D eigenvalue weighted by Crippen LogP contribution is -2.32. The second-order valence-corrected chi connectivity index (χ2v) is 11.7. The molecule has 0 saturated carbocycles.